The van der Waals surface area contributed by atoms with E-state index in [0.717, 1.165) is 13.0 Å². The van der Waals surface area contributed by atoms with Gasteiger partial charge in [-0.3, -0.25) is 0 Å². The predicted molar refractivity (Wildman–Crippen MR) is 82.8 cm³/mol. The number of hydrogen-bond donors (Lipinski definition) is 1. The first-order valence-corrected chi connectivity index (χ1v) is 7.73. The fourth-order valence-electron chi connectivity index (χ4n) is 2.83. The number of nitrogens with zero attached hydrogens (tertiary/aromatic N) is 1. The summed E-state index contributed by atoms with van der Waals surface area (Å²) in [6, 6.07) is 11.5. The number of anilines is 1. The third-order valence-electron chi connectivity index (χ3n) is 4.03. The summed E-state index contributed by atoms with van der Waals surface area (Å²) in [6.45, 7) is 5.42. The standard InChI is InChI=1S/C16H20N2S/c1-11(17)13-3-5-14(6-4-13)18-9-7-16-15(12(18)2)8-10-19-16/h3-6,8,10-12H,7,9,17H2,1-2H3/t11-,12?/m0/s1. The van der Waals surface area contributed by atoms with E-state index in [1.165, 1.54) is 16.8 Å². The fourth-order valence-corrected chi connectivity index (χ4v) is 3.79. The van der Waals surface area contributed by atoms with E-state index in [1.54, 1.807) is 4.88 Å². The van der Waals surface area contributed by atoms with E-state index in [4.69, 9.17) is 5.73 Å². The molecule has 0 saturated heterocycles. The van der Waals surface area contributed by atoms with Gasteiger partial charge in [0.15, 0.2) is 0 Å². The molecule has 0 aliphatic carbocycles. The third kappa shape index (κ3) is 2.28. The number of benzene rings is 1. The van der Waals surface area contributed by atoms with E-state index in [1.807, 2.05) is 18.3 Å². The Balaban J connectivity index is 1.87. The average Bonchev–Trinajstić information content (AvgIpc) is 2.88. The van der Waals surface area contributed by atoms with Gasteiger partial charge >= 0.3 is 0 Å². The maximum absolute atomic E-state index is 5.91. The maximum atomic E-state index is 5.91. The van der Waals surface area contributed by atoms with Crippen LogP contribution in [0.15, 0.2) is 35.7 Å². The number of rotatable bonds is 2. The Kier molecular flexibility index (Phi) is 3.33. The number of nitrogens with two attached hydrogens (primary N) is 1. The van der Waals surface area contributed by atoms with Gasteiger partial charge < -0.3 is 10.6 Å². The topological polar surface area (TPSA) is 29.3 Å². The first kappa shape index (κ1) is 12.7. The van der Waals surface area contributed by atoms with Crippen LogP contribution in [0.1, 0.15) is 41.9 Å². The highest BCUT2D eigenvalue weighted by Crippen LogP contribution is 2.36. The summed E-state index contributed by atoms with van der Waals surface area (Å²) in [5.74, 6) is 0. The lowest BCUT2D eigenvalue weighted by Gasteiger charge is -2.35. The Morgan fingerprint density at radius 2 is 2.00 bits per heavy atom. The molecule has 1 aromatic carbocycles. The summed E-state index contributed by atoms with van der Waals surface area (Å²) in [6.07, 6.45) is 1.16. The van der Waals surface area contributed by atoms with E-state index in [0.29, 0.717) is 6.04 Å². The molecule has 1 aliphatic rings. The minimum absolute atomic E-state index is 0.108. The van der Waals surface area contributed by atoms with Crippen molar-refractivity contribution >= 4 is 17.0 Å². The van der Waals surface area contributed by atoms with Gasteiger partial charge in [0.1, 0.15) is 0 Å². The summed E-state index contributed by atoms with van der Waals surface area (Å²) < 4.78 is 0. The molecule has 19 heavy (non-hydrogen) atoms. The van der Waals surface area contributed by atoms with Gasteiger partial charge in [0.25, 0.3) is 0 Å². The minimum atomic E-state index is 0.108. The van der Waals surface area contributed by atoms with Crippen molar-refractivity contribution < 1.29 is 0 Å². The van der Waals surface area contributed by atoms with Crippen LogP contribution in [0.2, 0.25) is 0 Å². The van der Waals surface area contributed by atoms with Gasteiger partial charge in [-0.25, -0.2) is 0 Å². The molecular formula is C16H20N2S. The van der Waals surface area contributed by atoms with Crippen molar-refractivity contribution in [3.63, 3.8) is 0 Å². The highest BCUT2D eigenvalue weighted by Gasteiger charge is 2.24. The quantitative estimate of drug-likeness (QED) is 0.898. The molecule has 3 heteroatoms. The molecule has 1 aromatic heterocycles. The second-order valence-corrected chi connectivity index (χ2v) is 6.30. The smallest absolute Gasteiger partial charge is 0.0525 e. The molecule has 2 nitrogen and oxygen atoms in total. The molecule has 3 rings (SSSR count). The van der Waals surface area contributed by atoms with Crippen molar-refractivity contribution in [1.82, 2.24) is 0 Å². The molecule has 0 radical (unpaired) electrons. The van der Waals surface area contributed by atoms with Crippen LogP contribution < -0.4 is 10.6 Å². The zero-order valence-electron chi connectivity index (χ0n) is 11.5. The van der Waals surface area contributed by atoms with Crippen LogP contribution in [0.4, 0.5) is 5.69 Å². The Hall–Kier alpha value is -1.32. The Labute approximate surface area is 118 Å². The van der Waals surface area contributed by atoms with Crippen LogP contribution in [0.3, 0.4) is 0 Å². The van der Waals surface area contributed by atoms with Crippen LogP contribution in [0, 0.1) is 0 Å². The van der Waals surface area contributed by atoms with E-state index >= 15 is 0 Å². The monoisotopic (exact) mass is 272 g/mol. The number of thiophene rings is 1. The first-order chi connectivity index (χ1) is 9.16. The summed E-state index contributed by atoms with van der Waals surface area (Å²) in [5, 5.41) is 2.21. The highest BCUT2D eigenvalue weighted by atomic mass is 32.1. The molecular weight excluding hydrogens is 252 g/mol. The van der Waals surface area contributed by atoms with Crippen molar-refractivity contribution in [2.24, 2.45) is 5.73 Å². The van der Waals surface area contributed by atoms with E-state index in [-0.39, 0.29) is 6.04 Å². The summed E-state index contributed by atoms with van der Waals surface area (Å²) in [5.41, 5.74) is 9.90. The van der Waals surface area contributed by atoms with Crippen LogP contribution in [0.5, 0.6) is 0 Å². The van der Waals surface area contributed by atoms with Gasteiger partial charge in [0.2, 0.25) is 0 Å². The Morgan fingerprint density at radius 3 is 2.68 bits per heavy atom. The molecule has 2 atom stereocenters. The van der Waals surface area contributed by atoms with Gasteiger partial charge in [0.05, 0.1) is 6.04 Å². The van der Waals surface area contributed by atoms with Gasteiger partial charge in [-0.2, -0.15) is 0 Å². The molecule has 2 aromatic rings. The second-order valence-electron chi connectivity index (χ2n) is 5.30. The zero-order valence-corrected chi connectivity index (χ0v) is 12.3. The van der Waals surface area contributed by atoms with Crippen molar-refractivity contribution in [3.05, 3.63) is 51.7 Å². The normalized spacial score (nSPS) is 20.2. The molecule has 0 spiro atoms. The zero-order chi connectivity index (χ0) is 13.4. The average molecular weight is 272 g/mol. The molecule has 1 aliphatic heterocycles. The lowest BCUT2D eigenvalue weighted by Crippen LogP contribution is -2.33. The predicted octanol–water partition coefficient (Wildman–Crippen LogP) is 3.89. The van der Waals surface area contributed by atoms with Gasteiger partial charge in [0, 0.05) is 23.2 Å². The number of fused-ring (bicyclic) bond motifs is 1. The molecule has 1 unspecified atom stereocenters. The van der Waals surface area contributed by atoms with Crippen molar-refractivity contribution in [1.29, 1.82) is 0 Å². The molecule has 2 heterocycles. The van der Waals surface area contributed by atoms with E-state index < -0.39 is 0 Å². The van der Waals surface area contributed by atoms with Crippen LogP contribution >= 0.6 is 11.3 Å². The summed E-state index contributed by atoms with van der Waals surface area (Å²) in [7, 11) is 0. The molecule has 0 amide bonds. The van der Waals surface area contributed by atoms with Crippen molar-refractivity contribution in [3.8, 4) is 0 Å². The minimum Gasteiger partial charge on any atom is -0.364 e. The maximum Gasteiger partial charge on any atom is 0.0525 e. The first-order valence-electron chi connectivity index (χ1n) is 6.85. The van der Waals surface area contributed by atoms with Crippen LogP contribution in [-0.4, -0.2) is 6.54 Å². The van der Waals surface area contributed by atoms with Gasteiger partial charge in [-0.15, -0.1) is 11.3 Å². The van der Waals surface area contributed by atoms with Gasteiger partial charge in [-0.05, 0) is 55.0 Å². The lowest BCUT2D eigenvalue weighted by atomic mass is 10.00. The second kappa shape index (κ2) is 4.99. The van der Waals surface area contributed by atoms with Crippen LogP contribution in [0.25, 0.3) is 0 Å². The highest BCUT2D eigenvalue weighted by molar-refractivity contribution is 7.10. The third-order valence-corrected chi connectivity index (χ3v) is 5.02. The Morgan fingerprint density at radius 1 is 1.26 bits per heavy atom. The Bertz CT molecular complexity index is 556. The number of hydrogen-bond acceptors (Lipinski definition) is 3. The van der Waals surface area contributed by atoms with E-state index in [2.05, 4.69) is 47.5 Å². The molecule has 100 valence electrons. The summed E-state index contributed by atoms with van der Waals surface area (Å²) >= 11 is 1.89. The molecule has 2 N–H and O–H groups in total. The molecule has 0 bridgehead atoms. The fraction of sp³-hybridized carbons (Fsp3) is 0.375. The van der Waals surface area contributed by atoms with E-state index in [9.17, 15) is 0 Å². The van der Waals surface area contributed by atoms with Crippen molar-refractivity contribution in [2.75, 3.05) is 11.4 Å². The largest absolute Gasteiger partial charge is 0.364 e. The lowest BCUT2D eigenvalue weighted by molar-refractivity contribution is 0.632. The summed E-state index contributed by atoms with van der Waals surface area (Å²) in [4.78, 5) is 4.04. The molecule has 0 saturated carbocycles. The SMILES string of the molecule is CC1c2ccsc2CCN1c1ccc([C@H](C)N)cc1. The van der Waals surface area contributed by atoms with Crippen LogP contribution in [-0.2, 0) is 6.42 Å². The molecule has 0 fully saturated rings. The van der Waals surface area contributed by atoms with Gasteiger partial charge in [-0.1, -0.05) is 12.1 Å². The van der Waals surface area contributed by atoms with Crippen molar-refractivity contribution in [2.45, 2.75) is 32.4 Å².